The molecule has 0 spiro atoms. The molecule has 0 unspecified atom stereocenters. The quantitative estimate of drug-likeness (QED) is 0.582. The summed E-state index contributed by atoms with van der Waals surface area (Å²) in [6, 6.07) is 6.40. The highest BCUT2D eigenvalue weighted by Crippen LogP contribution is 2.30. The molecule has 5 amide bonds. The van der Waals surface area contributed by atoms with Crippen LogP contribution in [0.25, 0.3) is 0 Å². The molecule has 0 aromatic heterocycles. The van der Waals surface area contributed by atoms with Crippen molar-refractivity contribution in [3.63, 3.8) is 0 Å². The minimum Gasteiger partial charge on any atom is -0.486 e. The molecular formula is C16H17N3O6. The zero-order valence-electron chi connectivity index (χ0n) is 13.6. The zero-order chi connectivity index (χ0) is 18.0. The third kappa shape index (κ3) is 3.25. The van der Waals surface area contributed by atoms with E-state index < -0.39 is 36.4 Å². The third-order valence-corrected chi connectivity index (χ3v) is 3.85. The summed E-state index contributed by atoms with van der Waals surface area (Å²) in [5, 5.41) is 2.58. The van der Waals surface area contributed by atoms with Gasteiger partial charge in [0.2, 0.25) is 5.91 Å². The van der Waals surface area contributed by atoms with Crippen molar-refractivity contribution in [2.24, 2.45) is 0 Å². The largest absolute Gasteiger partial charge is 0.486 e. The number of amides is 5. The van der Waals surface area contributed by atoms with Crippen molar-refractivity contribution >= 4 is 23.8 Å². The van der Waals surface area contributed by atoms with Crippen LogP contribution in [0.3, 0.4) is 0 Å². The number of rotatable bonds is 5. The number of carbonyl (C=O) groups excluding carboxylic acids is 4. The van der Waals surface area contributed by atoms with Crippen molar-refractivity contribution < 1.29 is 28.7 Å². The minimum absolute atomic E-state index is 0.0776. The Morgan fingerprint density at radius 2 is 1.84 bits per heavy atom. The van der Waals surface area contributed by atoms with Gasteiger partial charge in [0.15, 0.2) is 11.5 Å². The van der Waals surface area contributed by atoms with E-state index in [1.807, 2.05) is 12.1 Å². The number of likely N-dealkylation sites (N-methyl/N-ethyl adjacent to an activating group) is 1. The molecule has 132 valence electrons. The number of carbonyl (C=O) groups is 4. The van der Waals surface area contributed by atoms with Gasteiger partial charge < -0.3 is 14.8 Å². The highest BCUT2D eigenvalue weighted by molar-refractivity contribution is 6.45. The van der Waals surface area contributed by atoms with Crippen molar-refractivity contribution in [1.82, 2.24) is 15.1 Å². The van der Waals surface area contributed by atoms with E-state index in [-0.39, 0.29) is 19.7 Å². The van der Waals surface area contributed by atoms with Gasteiger partial charge in [0, 0.05) is 6.54 Å². The van der Waals surface area contributed by atoms with Crippen LogP contribution in [0.5, 0.6) is 11.5 Å². The maximum atomic E-state index is 12.0. The van der Waals surface area contributed by atoms with Crippen molar-refractivity contribution in [2.75, 3.05) is 26.2 Å². The second-order valence-corrected chi connectivity index (χ2v) is 5.52. The van der Waals surface area contributed by atoms with E-state index in [1.54, 1.807) is 19.1 Å². The highest BCUT2D eigenvalue weighted by atomic mass is 16.6. The SMILES string of the molecule is CCN1C(=O)C(=O)N(CC(=O)NC[C@@H]2COc3ccccc3O2)C1=O. The lowest BCUT2D eigenvalue weighted by atomic mass is 10.2. The average molecular weight is 347 g/mol. The molecule has 0 radical (unpaired) electrons. The topological polar surface area (TPSA) is 105 Å². The Kier molecular flexibility index (Phi) is 4.55. The van der Waals surface area contributed by atoms with Gasteiger partial charge in [0.25, 0.3) is 0 Å². The number of para-hydroxylation sites is 2. The van der Waals surface area contributed by atoms with Crippen LogP contribution in [-0.4, -0.2) is 65.9 Å². The second kappa shape index (κ2) is 6.80. The van der Waals surface area contributed by atoms with Gasteiger partial charge in [0.1, 0.15) is 19.3 Å². The summed E-state index contributed by atoms with van der Waals surface area (Å²) >= 11 is 0. The predicted molar refractivity (Wildman–Crippen MR) is 83.9 cm³/mol. The lowest BCUT2D eigenvalue weighted by Crippen LogP contribution is -2.45. The van der Waals surface area contributed by atoms with Gasteiger partial charge in [-0.25, -0.2) is 9.69 Å². The summed E-state index contributed by atoms with van der Waals surface area (Å²) in [6.45, 7) is 1.55. The Morgan fingerprint density at radius 1 is 1.16 bits per heavy atom. The van der Waals surface area contributed by atoms with Gasteiger partial charge >= 0.3 is 17.8 Å². The molecule has 2 heterocycles. The van der Waals surface area contributed by atoms with Crippen LogP contribution in [-0.2, 0) is 14.4 Å². The Morgan fingerprint density at radius 3 is 2.52 bits per heavy atom. The first kappa shape index (κ1) is 16.7. The molecule has 0 bridgehead atoms. The normalized spacial score (nSPS) is 19.4. The van der Waals surface area contributed by atoms with Crippen molar-refractivity contribution in [2.45, 2.75) is 13.0 Å². The number of hydrogen-bond acceptors (Lipinski definition) is 6. The van der Waals surface area contributed by atoms with E-state index in [9.17, 15) is 19.2 Å². The molecule has 25 heavy (non-hydrogen) atoms. The van der Waals surface area contributed by atoms with Gasteiger partial charge in [-0.05, 0) is 19.1 Å². The van der Waals surface area contributed by atoms with Crippen molar-refractivity contribution in [3.05, 3.63) is 24.3 Å². The summed E-state index contributed by atoms with van der Waals surface area (Å²) in [5.41, 5.74) is 0. The molecule has 1 aromatic carbocycles. The summed E-state index contributed by atoms with van der Waals surface area (Å²) < 4.78 is 11.2. The summed E-state index contributed by atoms with van der Waals surface area (Å²) in [4.78, 5) is 48.7. The first-order valence-electron chi connectivity index (χ1n) is 7.83. The molecule has 1 saturated heterocycles. The summed E-state index contributed by atoms with van der Waals surface area (Å²) in [6.07, 6.45) is -0.391. The van der Waals surface area contributed by atoms with Crippen LogP contribution in [0.1, 0.15) is 6.92 Å². The smallest absolute Gasteiger partial charge is 0.334 e. The number of benzene rings is 1. The molecule has 9 heteroatoms. The minimum atomic E-state index is -0.992. The second-order valence-electron chi connectivity index (χ2n) is 5.52. The van der Waals surface area contributed by atoms with Crippen LogP contribution in [0.4, 0.5) is 4.79 Å². The molecule has 2 aliphatic heterocycles. The van der Waals surface area contributed by atoms with Crippen molar-refractivity contribution in [3.8, 4) is 11.5 Å². The predicted octanol–water partition coefficient (Wildman–Crippen LogP) is -0.247. The highest BCUT2D eigenvalue weighted by Gasteiger charge is 2.44. The van der Waals surface area contributed by atoms with Crippen LogP contribution < -0.4 is 14.8 Å². The number of ether oxygens (including phenoxy) is 2. The van der Waals surface area contributed by atoms with Crippen LogP contribution >= 0.6 is 0 Å². The molecule has 1 atom stereocenters. The molecule has 1 fully saturated rings. The molecule has 3 rings (SSSR count). The van der Waals surface area contributed by atoms with Crippen LogP contribution in [0.2, 0.25) is 0 Å². The maximum absolute atomic E-state index is 12.0. The number of hydrogen-bond donors (Lipinski definition) is 1. The molecule has 9 nitrogen and oxygen atoms in total. The van der Waals surface area contributed by atoms with E-state index in [2.05, 4.69) is 5.32 Å². The number of imide groups is 2. The third-order valence-electron chi connectivity index (χ3n) is 3.85. The molecule has 0 aliphatic carbocycles. The molecule has 1 aromatic rings. The zero-order valence-corrected chi connectivity index (χ0v) is 13.6. The fourth-order valence-corrected chi connectivity index (χ4v) is 2.56. The maximum Gasteiger partial charge on any atom is 0.334 e. The van der Waals surface area contributed by atoms with Gasteiger partial charge in [-0.2, -0.15) is 0 Å². The number of fused-ring (bicyclic) bond motifs is 1. The Labute approximate surface area is 143 Å². The fourth-order valence-electron chi connectivity index (χ4n) is 2.56. The average Bonchev–Trinajstić information content (AvgIpc) is 2.83. The van der Waals surface area contributed by atoms with E-state index in [0.29, 0.717) is 16.4 Å². The molecule has 1 N–H and O–H groups in total. The van der Waals surface area contributed by atoms with E-state index >= 15 is 0 Å². The van der Waals surface area contributed by atoms with E-state index in [0.717, 1.165) is 4.90 Å². The van der Waals surface area contributed by atoms with Crippen molar-refractivity contribution in [1.29, 1.82) is 0 Å². The molecule has 2 aliphatic rings. The standard InChI is InChI=1S/C16H17N3O6/c1-2-18-14(21)15(22)19(16(18)23)8-13(20)17-7-10-9-24-11-5-3-4-6-12(11)25-10/h3-6,10H,2,7-9H2,1H3,(H,17,20)/t10-/m1/s1. The Bertz CT molecular complexity index is 734. The van der Waals surface area contributed by atoms with Crippen LogP contribution in [0.15, 0.2) is 24.3 Å². The lowest BCUT2D eigenvalue weighted by Gasteiger charge is -2.26. The first-order chi connectivity index (χ1) is 12.0. The molecular weight excluding hydrogens is 330 g/mol. The number of nitrogens with one attached hydrogen (secondary N) is 1. The number of nitrogens with zero attached hydrogens (tertiary/aromatic N) is 2. The van der Waals surface area contributed by atoms with E-state index in [4.69, 9.17) is 9.47 Å². The number of urea groups is 1. The van der Waals surface area contributed by atoms with Gasteiger partial charge in [-0.1, -0.05) is 12.1 Å². The van der Waals surface area contributed by atoms with Gasteiger partial charge in [0.05, 0.1) is 6.54 Å². The molecule has 0 saturated carbocycles. The monoisotopic (exact) mass is 347 g/mol. The van der Waals surface area contributed by atoms with Gasteiger partial charge in [-0.3, -0.25) is 19.3 Å². The Balaban J connectivity index is 1.52. The fraction of sp³-hybridized carbons (Fsp3) is 0.375. The van der Waals surface area contributed by atoms with Crippen LogP contribution in [0, 0.1) is 0 Å². The summed E-state index contributed by atoms with van der Waals surface area (Å²) in [7, 11) is 0. The van der Waals surface area contributed by atoms with Gasteiger partial charge in [-0.15, -0.1) is 0 Å². The Hall–Kier alpha value is -3.10. The van der Waals surface area contributed by atoms with E-state index in [1.165, 1.54) is 0 Å². The first-order valence-corrected chi connectivity index (χ1v) is 7.83. The lowest BCUT2D eigenvalue weighted by molar-refractivity contribution is -0.143. The summed E-state index contributed by atoms with van der Waals surface area (Å²) in [5.74, 6) is -1.25.